The standard InChI is InChI=1S/C15H21NO2S2/c1-10(9-19-8-7-17)16-15-14(11(2)18)12-5-3-4-6-13(12)20-15/h16-17H,1,3-9H2,2H3. The van der Waals surface area contributed by atoms with Crippen LogP contribution in [0.2, 0.25) is 0 Å². The van der Waals surface area contributed by atoms with Crippen LogP contribution in [-0.2, 0) is 12.8 Å². The highest BCUT2D eigenvalue weighted by molar-refractivity contribution is 7.99. The van der Waals surface area contributed by atoms with Crippen LogP contribution in [0, 0.1) is 0 Å². The molecule has 0 bridgehead atoms. The summed E-state index contributed by atoms with van der Waals surface area (Å²) in [6.45, 7) is 5.84. The number of aliphatic hydroxyl groups is 1. The lowest BCUT2D eigenvalue weighted by Gasteiger charge is -2.12. The van der Waals surface area contributed by atoms with E-state index in [4.69, 9.17) is 5.11 Å². The summed E-state index contributed by atoms with van der Waals surface area (Å²) in [5.74, 6) is 1.60. The number of thioether (sulfide) groups is 1. The number of carbonyl (C=O) groups is 1. The smallest absolute Gasteiger partial charge is 0.163 e. The number of anilines is 1. The van der Waals surface area contributed by atoms with Crippen LogP contribution in [0.4, 0.5) is 5.00 Å². The maximum Gasteiger partial charge on any atom is 0.163 e. The molecule has 0 radical (unpaired) electrons. The molecule has 1 aliphatic carbocycles. The zero-order valence-electron chi connectivity index (χ0n) is 11.8. The van der Waals surface area contributed by atoms with Gasteiger partial charge in [0.1, 0.15) is 5.00 Å². The largest absolute Gasteiger partial charge is 0.396 e. The van der Waals surface area contributed by atoms with E-state index in [9.17, 15) is 4.79 Å². The van der Waals surface area contributed by atoms with Gasteiger partial charge < -0.3 is 10.4 Å². The summed E-state index contributed by atoms with van der Waals surface area (Å²) in [5.41, 5.74) is 3.02. The summed E-state index contributed by atoms with van der Waals surface area (Å²) >= 11 is 3.34. The van der Waals surface area contributed by atoms with Gasteiger partial charge in [-0.1, -0.05) is 6.58 Å². The van der Waals surface area contributed by atoms with E-state index in [0.29, 0.717) is 5.75 Å². The van der Waals surface area contributed by atoms with Crippen molar-refractivity contribution in [2.45, 2.75) is 32.6 Å². The molecular formula is C15H21NO2S2. The predicted octanol–water partition coefficient (Wildman–Crippen LogP) is 3.48. The normalized spacial score (nSPS) is 13.9. The number of carbonyl (C=O) groups excluding carboxylic acids is 1. The van der Waals surface area contributed by atoms with Crippen LogP contribution in [0.3, 0.4) is 0 Å². The highest BCUT2D eigenvalue weighted by Gasteiger charge is 2.23. The van der Waals surface area contributed by atoms with E-state index in [2.05, 4.69) is 11.9 Å². The lowest BCUT2D eigenvalue weighted by atomic mass is 9.94. The van der Waals surface area contributed by atoms with Gasteiger partial charge in [-0.2, -0.15) is 11.8 Å². The Kier molecular flexibility index (Phi) is 5.69. The lowest BCUT2D eigenvalue weighted by molar-refractivity contribution is 0.101. The molecule has 1 aromatic rings. The molecule has 2 rings (SSSR count). The Morgan fingerprint density at radius 1 is 1.45 bits per heavy atom. The molecule has 0 atom stereocenters. The first-order valence-corrected chi connectivity index (χ1v) is 8.89. The first-order chi connectivity index (χ1) is 9.63. The molecule has 2 N–H and O–H groups in total. The molecule has 1 heterocycles. The van der Waals surface area contributed by atoms with Crippen LogP contribution < -0.4 is 5.32 Å². The van der Waals surface area contributed by atoms with E-state index in [0.717, 1.165) is 34.9 Å². The minimum atomic E-state index is 0.141. The fourth-order valence-electron chi connectivity index (χ4n) is 2.48. The fourth-order valence-corrected chi connectivity index (χ4v) is 4.46. The summed E-state index contributed by atoms with van der Waals surface area (Å²) in [6.07, 6.45) is 4.51. The number of fused-ring (bicyclic) bond motifs is 1. The minimum absolute atomic E-state index is 0.141. The average Bonchev–Trinajstić information content (AvgIpc) is 2.76. The Morgan fingerprint density at radius 2 is 2.20 bits per heavy atom. The van der Waals surface area contributed by atoms with Crippen molar-refractivity contribution >= 4 is 33.9 Å². The molecule has 0 amide bonds. The van der Waals surface area contributed by atoms with Crippen molar-refractivity contribution in [3.05, 3.63) is 28.3 Å². The SMILES string of the molecule is C=C(CSCCO)Nc1sc2c(c1C(C)=O)CCCC2. The number of hydrogen-bond acceptors (Lipinski definition) is 5. The summed E-state index contributed by atoms with van der Waals surface area (Å²) in [4.78, 5) is 13.3. The minimum Gasteiger partial charge on any atom is -0.396 e. The first-order valence-electron chi connectivity index (χ1n) is 6.92. The van der Waals surface area contributed by atoms with Crippen molar-refractivity contribution in [1.82, 2.24) is 0 Å². The molecule has 3 nitrogen and oxygen atoms in total. The van der Waals surface area contributed by atoms with E-state index in [1.807, 2.05) is 0 Å². The van der Waals surface area contributed by atoms with Gasteiger partial charge in [0, 0.05) is 22.1 Å². The monoisotopic (exact) mass is 311 g/mol. The number of hydrogen-bond donors (Lipinski definition) is 2. The number of rotatable bonds is 7. The van der Waals surface area contributed by atoms with Gasteiger partial charge in [-0.15, -0.1) is 11.3 Å². The van der Waals surface area contributed by atoms with Crippen LogP contribution >= 0.6 is 23.1 Å². The molecule has 0 unspecified atom stereocenters. The molecule has 110 valence electrons. The van der Waals surface area contributed by atoms with Crippen LogP contribution in [-0.4, -0.2) is 29.0 Å². The van der Waals surface area contributed by atoms with E-state index in [-0.39, 0.29) is 12.4 Å². The molecule has 0 saturated heterocycles. The molecule has 1 aliphatic rings. The van der Waals surface area contributed by atoms with Crippen molar-refractivity contribution in [2.75, 3.05) is 23.4 Å². The molecular weight excluding hydrogens is 290 g/mol. The molecule has 20 heavy (non-hydrogen) atoms. The molecule has 0 fully saturated rings. The van der Waals surface area contributed by atoms with Gasteiger partial charge in [-0.25, -0.2) is 0 Å². The second-order valence-electron chi connectivity index (χ2n) is 4.98. The zero-order valence-corrected chi connectivity index (χ0v) is 13.5. The Bertz CT molecular complexity index is 508. The maximum atomic E-state index is 11.9. The molecule has 0 aliphatic heterocycles. The quantitative estimate of drug-likeness (QED) is 0.598. The van der Waals surface area contributed by atoms with Crippen molar-refractivity contribution in [1.29, 1.82) is 0 Å². The van der Waals surface area contributed by atoms with Gasteiger partial charge in [0.05, 0.1) is 12.2 Å². The first kappa shape index (κ1) is 15.6. The van der Waals surface area contributed by atoms with Gasteiger partial charge in [0.2, 0.25) is 0 Å². The number of Topliss-reactive ketones (excluding diaryl/α,β-unsaturated/α-hetero) is 1. The maximum absolute atomic E-state index is 11.9. The topological polar surface area (TPSA) is 49.3 Å². The lowest BCUT2D eigenvalue weighted by Crippen LogP contribution is -2.07. The third-order valence-corrected chi connectivity index (χ3v) is 5.56. The van der Waals surface area contributed by atoms with Crippen molar-refractivity contribution in [3.63, 3.8) is 0 Å². The third-order valence-electron chi connectivity index (χ3n) is 3.33. The summed E-state index contributed by atoms with van der Waals surface area (Å²) in [7, 11) is 0. The summed E-state index contributed by atoms with van der Waals surface area (Å²) < 4.78 is 0. The number of nitrogens with one attached hydrogen (secondary N) is 1. The number of ketones is 1. The van der Waals surface area contributed by atoms with Crippen LogP contribution in [0.25, 0.3) is 0 Å². The van der Waals surface area contributed by atoms with E-state index in [1.165, 1.54) is 23.3 Å². The Hall–Kier alpha value is -0.780. The zero-order chi connectivity index (χ0) is 14.5. The van der Waals surface area contributed by atoms with Gasteiger partial charge in [0.15, 0.2) is 5.78 Å². The fraction of sp³-hybridized carbons (Fsp3) is 0.533. The second-order valence-corrected chi connectivity index (χ2v) is 7.19. The summed E-state index contributed by atoms with van der Waals surface area (Å²) in [6, 6.07) is 0. The van der Waals surface area contributed by atoms with E-state index in [1.54, 1.807) is 30.0 Å². The van der Waals surface area contributed by atoms with Gasteiger partial charge in [-0.3, -0.25) is 4.79 Å². The average molecular weight is 311 g/mol. The van der Waals surface area contributed by atoms with Gasteiger partial charge >= 0.3 is 0 Å². The summed E-state index contributed by atoms with van der Waals surface area (Å²) in [5, 5.41) is 13.0. The number of aliphatic hydroxyl groups excluding tert-OH is 1. The molecule has 0 spiro atoms. The molecule has 5 heteroatoms. The Labute approximate surface area is 128 Å². The van der Waals surface area contributed by atoms with Crippen molar-refractivity contribution in [2.24, 2.45) is 0 Å². The highest BCUT2D eigenvalue weighted by Crippen LogP contribution is 2.39. The molecule has 0 saturated carbocycles. The second kappa shape index (κ2) is 7.29. The van der Waals surface area contributed by atoms with Crippen LogP contribution in [0.15, 0.2) is 12.3 Å². The van der Waals surface area contributed by atoms with Crippen molar-refractivity contribution < 1.29 is 9.90 Å². The van der Waals surface area contributed by atoms with Gasteiger partial charge in [0.25, 0.3) is 0 Å². The van der Waals surface area contributed by atoms with E-state index < -0.39 is 0 Å². The van der Waals surface area contributed by atoms with Gasteiger partial charge in [-0.05, 0) is 38.2 Å². The van der Waals surface area contributed by atoms with Crippen molar-refractivity contribution in [3.8, 4) is 0 Å². The van der Waals surface area contributed by atoms with Crippen LogP contribution in [0.1, 0.15) is 40.6 Å². The molecule has 1 aromatic heterocycles. The highest BCUT2D eigenvalue weighted by atomic mass is 32.2. The predicted molar refractivity (Wildman–Crippen MR) is 88.1 cm³/mol. The third kappa shape index (κ3) is 3.65. The van der Waals surface area contributed by atoms with Crippen LogP contribution in [0.5, 0.6) is 0 Å². The number of thiophene rings is 1. The Balaban J connectivity index is 2.12. The Morgan fingerprint density at radius 3 is 2.90 bits per heavy atom. The van der Waals surface area contributed by atoms with E-state index >= 15 is 0 Å². The molecule has 0 aromatic carbocycles. The number of aryl methyl sites for hydroxylation is 1.